The molecule has 1 radical (unpaired) electrons. The molecule has 1 fully saturated rings. The fourth-order valence-corrected chi connectivity index (χ4v) is 1.71. The van der Waals surface area contributed by atoms with Crippen molar-refractivity contribution in [3.63, 3.8) is 0 Å². The molecule has 1 N–H and O–H groups in total. The first kappa shape index (κ1) is 17.1. The zero-order chi connectivity index (χ0) is 16.4. The molecule has 0 aliphatic carbocycles. The van der Waals surface area contributed by atoms with Crippen molar-refractivity contribution in [1.82, 2.24) is 0 Å². The molecule has 1 saturated heterocycles. The minimum absolute atomic E-state index is 0.00460. The number of ether oxygens (including phenoxy) is 1. The Bertz CT molecular complexity index is 569. The molecule has 0 aromatic heterocycles. The van der Waals surface area contributed by atoms with Crippen LogP contribution in [0.1, 0.15) is 40.2 Å². The van der Waals surface area contributed by atoms with Gasteiger partial charge in [-0.25, -0.2) is 0 Å². The van der Waals surface area contributed by atoms with E-state index in [1.807, 2.05) is 38.1 Å². The summed E-state index contributed by atoms with van der Waals surface area (Å²) in [6.45, 7) is 10.7. The van der Waals surface area contributed by atoms with Gasteiger partial charge in [0.1, 0.15) is 0 Å². The summed E-state index contributed by atoms with van der Waals surface area (Å²) in [6.07, 6.45) is 0. The smallest absolute Gasteiger partial charge is 0.330 e. The second-order valence-corrected chi connectivity index (χ2v) is 7.23. The summed E-state index contributed by atoms with van der Waals surface area (Å²) >= 11 is 0. The number of benzene rings is 1. The zero-order valence-electron chi connectivity index (χ0n) is 14.1. The van der Waals surface area contributed by atoms with Crippen LogP contribution in [0.15, 0.2) is 24.3 Å². The van der Waals surface area contributed by atoms with Crippen LogP contribution in [-0.4, -0.2) is 37.0 Å². The van der Waals surface area contributed by atoms with Gasteiger partial charge in [0, 0.05) is 5.56 Å². The van der Waals surface area contributed by atoms with E-state index in [1.54, 1.807) is 21.3 Å². The molecule has 117 valence electrons. The fraction of sp³-hybridized carbons (Fsp3) is 0.556. The topological polar surface area (TPSA) is 38.7 Å². The van der Waals surface area contributed by atoms with E-state index >= 15 is 0 Å². The average Bonchev–Trinajstić information content (AvgIpc) is 2.41. The van der Waals surface area contributed by atoms with Crippen molar-refractivity contribution in [2.75, 3.05) is 13.2 Å². The molecule has 1 heterocycles. The molecule has 0 amide bonds. The van der Waals surface area contributed by atoms with Crippen LogP contribution < -0.4 is 5.46 Å². The highest BCUT2D eigenvalue weighted by Gasteiger charge is 2.35. The van der Waals surface area contributed by atoms with Crippen LogP contribution in [-0.2, 0) is 9.39 Å². The molecular formula is C18H24BO3. The lowest BCUT2D eigenvalue weighted by molar-refractivity contribution is -0.0893. The highest BCUT2D eigenvalue weighted by atomic mass is 16.5. The molecule has 1 aromatic carbocycles. The summed E-state index contributed by atoms with van der Waals surface area (Å²) in [4.78, 5) is 0. The van der Waals surface area contributed by atoms with Gasteiger partial charge in [-0.2, -0.15) is 0 Å². The quantitative estimate of drug-likeness (QED) is 0.681. The first-order valence-electron chi connectivity index (χ1n) is 7.56. The zero-order valence-corrected chi connectivity index (χ0v) is 14.1. The number of aliphatic hydroxyl groups is 1. The van der Waals surface area contributed by atoms with E-state index in [9.17, 15) is 5.11 Å². The first-order chi connectivity index (χ1) is 10.1. The molecule has 1 aliphatic rings. The van der Waals surface area contributed by atoms with Crippen molar-refractivity contribution in [3.05, 3.63) is 29.8 Å². The lowest BCUT2D eigenvalue weighted by Crippen LogP contribution is -2.49. The van der Waals surface area contributed by atoms with E-state index < -0.39 is 11.2 Å². The summed E-state index contributed by atoms with van der Waals surface area (Å²) < 4.78 is 10.9. The van der Waals surface area contributed by atoms with Crippen LogP contribution in [0, 0.1) is 17.3 Å². The van der Waals surface area contributed by atoms with Crippen LogP contribution in [0.25, 0.3) is 0 Å². The minimum atomic E-state index is -0.921. The molecule has 0 bridgehead atoms. The van der Waals surface area contributed by atoms with Crippen molar-refractivity contribution in [3.8, 4) is 11.8 Å². The molecule has 0 unspecified atom stereocenters. The largest absolute Gasteiger partial charge is 0.427 e. The fourth-order valence-electron chi connectivity index (χ4n) is 1.71. The van der Waals surface area contributed by atoms with E-state index in [-0.39, 0.29) is 5.41 Å². The first-order valence-corrected chi connectivity index (χ1v) is 7.56. The molecular weight excluding hydrogens is 275 g/mol. The molecule has 1 aromatic rings. The Morgan fingerprint density at radius 1 is 1.18 bits per heavy atom. The van der Waals surface area contributed by atoms with Crippen molar-refractivity contribution in [1.29, 1.82) is 0 Å². The van der Waals surface area contributed by atoms with Gasteiger partial charge >= 0.3 is 7.48 Å². The van der Waals surface area contributed by atoms with Gasteiger partial charge in [-0.1, -0.05) is 29.4 Å². The van der Waals surface area contributed by atoms with E-state index in [2.05, 4.69) is 18.8 Å². The van der Waals surface area contributed by atoms with Gasteiger partial charge in [0.25, 0.3) is 0 Å². The molecule has 2 rings (SSSR count). The van der Waals surface area contributed by atoms with Crippen LogP contribution in [0.5, 0.6) is 0 Å². The van der Waals surface area contributed by atoms with Gasteiger partial charge in [0.15, 0.2) is 0 Å². The van der Waals surface area contributed by atoms with Gasteiger partial charge in [-0.3, -0.25) is 0 Å². The third-order valence-electron chi connectivity index (χ3n) is 4.22. The summed E-state index contributed by atoms with van der Waals surface area (Å²) in [5, 5.41) is 10.1. The standard InChI is InChI=1S/C18H24BO3/c1-16(2,20)17(3,4)22-19-15-8-6-14(7-9-15)10-11-18(5)12-21-13-18/h6-9,20H,12-13H2,1-5H3. The molecule has 22 heavy (non-hydrogen) atoms. The Labute approximate surface area is 134 Å². The van der Waals surface area contributed by atoms with Gasteiger partial charge in [-0.05, 0) is 46.8 Å². The Morgan fingerprint density at radius 2 is 1.77 bits per heavy atom. The van der Waals surface area contributed by atoms with Gasteiger partial charge in [0.05, 0.1) is 29.8 Å². The van der Waals surface area contributed by atoms with Crippen LogP contribution in [0.4, 0.5) is 0 Å². The predicted molar refractivity (Wildman–Crippen MR) is 89.1 cm³/mol. The normalized spacial score (nSPS) is 17.2. The SMILES string of the molecule is CC1(C#Cc2ccc([B]OC(C)(C)C(C)(C)O)cc2)COC1. The monoisotopic (exact) mass is 299 g/mol. The Kier molecular flexibility index (Phi) is 4.72. The van der Waals surface area contributed by atoms with Crippen LogP contribution in [0.2, 0.25) is 0 Å². The Balaban J connectivity index is 1.95. The summed E-state index contributed by atoms with van der Waals surface area (Å²) in [5.74, 6) is 6.44. The second-order valence-electron chi connectivity index (χ2n) is 7.23. The van der Waals surface area contributed by atoms with Crippen LogP contribution in [0.3, 0.4) is 0 Å². The molecule has 0 spiro atoms. The molecule has 3 nitrogen and oxygen atoms in total. The van der Waals surface area contributed by atoms with Crippen molar-refractivity contribution in [2.24, 2.45) is 5.41 Å². The van der Waals surface area contributed by atoms with Gasteiger partial charge in [0.2, 0.25) is 0 Å². The molecule has 4 heteroatoms. The predicted octanol–water partition coefficient (Wildman–Crippen LogP) is 1.89. The lowest BCUT2D eigenvalue weighted by Gasteiger charge is -2.37. The highest BCUT2D eigenvalue weighted by molar-refractivity contribution is 6.47. The van der Waals surface area contributed by atoms with E-state index in [1.165, 1.54) is 0 Å². The summed E-state index contributed by atoms with van der Waals surface area (Å²) in [5.41, 5.74) is 0.345. The Morgan fingerprint density at radius 3 is 2.23 bits per heavy atom. The van der Waals surface area contributed by atoms with Crippen LogP contribution >= 0.6 is 0 Å². The Hall–Kier alpha value is -1.28. The maximum atomic E-state index is 10.1. The highest BCUT2D eigenvalue weighted by Crippen LogP contribution is 2.25. The van der Waals surface area contributed by atoms with Crippen molar-refractivity contribution >= 4 is 12.9 Å². The van der Waals surface area contributed by atoms with Gasteiger partial charge < -0.3 is 14.5 Å². The second kappa shape index (κ2) is 6.08. The van der Waals surface area contributed by atoms with Crippen molar-refractivity contribution in [2.45, 2.75) is 45.8 Å². The van der Waals surface area contributed by atoms with Gasteiger partial charge in [-0.15, -0.1) is 0 Å². The third-order valence-corrected chi connectivity index (χ3v) is 4.22. The lowest BCUT2D eigenvalue weighted by atomic mass is 9.82. The molecule has 0 atom stereocenters. The molecule has 1 aliphatic heterocycles. The minimum Gasteiger partial charge on any atom is -0.427 e. The van der Waals surface area contributed by atoms with E-state index in [0.717, 1.165) is 11.0 Å². The average molecular weight is 299 g/mol. The third kappa shape index (κ3) is 4.13. The summed E-state index contributed by atoms with van der Waals surface area (Å²) in [6, 6.07) is 7.87. The van der Waals surface area contributed by atoms with E-state index in [0.29, 0.717) is 13.2 Å². The van der Waals surface area contributed by atoms with E-state index in [4.69, 9.17) is 9.39 Å². The summed E-state index contributed by atoms with van der Waals surface area (Å²) in [7, 11) is 1.68. The van der Waals surface area contributed by atoms with Crippen molar-refractivity contribution < 1.29 is 14.5 Å². The number of hydrogen-bond donors (Lipinski definition) is 1. The molecule has 0 saturated carbocycles. The maximum absolute atomic E-state index is 10.1. The number of hydrogen-bond acceptors (Lipinski definition) is 3. The maximum Gasteiger partial charge on any atom is 0.330 e. The number of rotatable bonds is 4.